The lowest BCUT2D eigenvalue weighted by Gasteiger charge is -2.31. The standard InChI is InChI=1S/C11H17ClN4S/c1-17-9-5-3-2-4-8(9)15-10-7(12)6-14-11(13)16-10/h6,8-9H,2-5H2,1H3,(H3,13,14,15,16). The molecule has 0 amide bonds. The van der Waals surface area contributed by atoms with E-state index >= 15 is 0 Å². The molecule has 1 fully saturated rings. The van der Waals surface area contributed by atoms with Crippen molar-refractivity contribution in [2.75, 3.05) is 17.3 Å². The van der Waals surface area contributed by atoms with Crippen molar-refractivity contribution in [1.29, 1.82) is 0 Å². The second-order valence-electron chi connectivity index (χ2n) is 4.23. The van der Waals surface area contributed by atoms with Crippen LogP contribution in [-0.2, 0) is 0 Å². The highest BCUT2D eigenvalue weighted by Crippen LogP contribution is 2.30. The molecule has 0 radical (unpaired) electrons. The zero-order valence-electron chi connectivity index (χ0n) is 9.82. The molecule has 1 saturated carbocycles. The minimum Gasteiger partial charge on any atom is -0.368 e. The van der Waals surface area contributed by atoms with Crippen molar-refractivity contribution in [3.63, 3.8) is 0 Å². The normalized spacial score (nSPS) is 24.6. The smallest absolute Gasteiger partial charge is 0.222 e. The fourth-order valence-electron chi connectivity index (χ4n) is 2.20. The molecule has 3 N–H and O–H groups in total. The van der Waals surface area contributed by atoms with Gasteiger partial charge in [0.2, 0.25) is 5.95 Å². The molecule has 1 heterocycles. The summed E-state index contributed by atoms with van der Waals surface area (Å²) in [5.74, 6) is 0.915. The van der Waals surface area contributed by atoms with Crippen LogP contribution in [0.25, 0.3) is 0 Å². The molecule has 1 aliphatic rings. The van der Waals surface area contributed by atoms with Gasteiger partial charge in [-0.1, -0.05) is 24.4 Å². The van der Waals surface area contributed by atoms with E-state index in [1.165, 1.54) is 19.3 Å². The summed E-state index contributed by atoms with van der Waals surface area (Å²) in [6.45, 7) is 0. The Morgan fingerprint density at radius 3 is 3.00 bits per heavy atom. The maximum atomic E-state index is 6.06. The number of halogens is 1. The highest BCUT2D eigenvalue weighted by Gasteiger charge is 2.25. The number of hydrogen-bond acceptors (Lipinski definition) is 5. The van der Waals surface area contributed by atoms with E-state index in [0.717, 1.165) is 6.42 Å². The zero-order chi connectivity index (χ0) is 12.3. The molecule has 17 heavy (non-hydrogen) atoms. The highest BCUT2D eigenvalue weighted by atomic mass is 35.5. The fourth-order valence-corrected chi connectivity index (χ4v) is 3.28. The van der Waals surface area contributed by atoms with E-state index in [0.29, 0.717) is 22.1 Å². The molecular weight excluding hydrogens is 256 g/mol. The van der Waals surface area contributed by atoms with Gasteiger partial charge in [0.1, 0.15) is 5.02 Å². The van der Waals surface area contributed by atoms with E-state index in [1.54, 1.807) is 6.20 Å². The quantitative estimate of drug-likeness (QED) is 0.886. The van der Waals surface area contributed by atoms with E-state index in [9.17, 15) is 0 Å². The Hall–Kier alpha value is -0.680. The maximum Gasteiger partial charge on any atom is 0.222 e. The second-order valence-corrected chi connectivity index (χ2v) is 5.72. The number of nitrogens with zero attached hydrogens (tertiary/aromatic N) is 2. The molecule has 0 aromatic carbocycles. The Morgan fingerprint density at radius 1 is 1.47 bits per heavy atom. The number of nitrogen functional groups attached to an aromatic ring is 1. The first-order valence-electron chi connectivity index (χ1n) is 5.78. The Labute approximate surface area is 111 Å². The third kappa shape index (κ3) is 3.16. The number of thioether (sulfide) groups is 1. The van der Waals surface area contributed by atoms with Crippen molar-refractivity contribution in [1.82, 2.24) is 9.97 Å². The number of hydrogen-bond donors (Lipinski definition) is 2. The molecule has 6 heteroatoms. The first-order valence-corrected chi connectivity index (χ1v) is 7.44. The van der Waals surface area contributed by atoms with Gasteiger partial charge in [-0.15, -0.1) is 0 Å². The van der Waals surface area contributed by atoms with Gasteiger partial charge in [0, 0.05) is 11.3 Å². The van der Waals surface area contributed by atoms with E-state index in [2.05, 4.69) is 21.5 Å². The van der Waals surface area contributed by atoms with Gasteiger partial charge in [-0.2, -0.15) is 16.7 Å². The van der Waals surface area contributed by atoms with Crippen molar-refractivity contribution in [3.05, 3.63) is 11.2 Å². The maximum absolute atomic E-state index is 6.06. The lowest BCUT2D eigenvalue weighted by molar-refractivity contribution is 0.474. The molecule has 94 valence electrons. The van der Waals surface area contributed by atoms with Gasteiger partial charge in [0.25, 0.3) is 0 Å². The summed E-state index contributed by atoms with van der Waals surface area (Å²) >= 11 is 7.96. The third-order valence-electron chi connectivity index (χ3n) is 3.09. The van der Waals surface area contributed by atoms with Gasteiger partial charge < -0.3 is 11.1 Å². The van der Waals surface area contributed by atoms with Crippen LogP contribution in [0.15, 0.2) is 6.20 Å². The lowest BCUT2D eigenvalue weighted by Crippen LogP contribution is -2.34. The molecule has 2 rings (SSSR count). The van der Waals surface area contributed by atoms with Crippen LogP contribution in [0.1, 0.15) is 25.7 Å². The largest absolute Gasteiger partial charge is 0.368 e. The van der Waals surface area contributed by atoms with Crippen LogP contribution < -0.4 is 11.1 Å². The van der Waals surface area contributed by atoms with Crippen LogP contribution in [0, 0.1) is 0 Å². The Kier molecular flexibility index (Phi) is 4.34. The van der Waals surface area contributed by atoms with E-state index in [-0.39, 0.29) is 5.95 Å². The van der Waals surface area contributed by atoms with Crippen LogP contribution in [-0.4, -0.2) is 27.5 Å². The van der Waals surface area contributed by atoms with Crippen LogP contribution in [0.4, 0.5) is 11.8 Å². The minimum absolute atomic E-state index is 0.258. The monoisotopic (exact) mass is 272 g/mol. The molecule has 0 bridgehead atoms. The van der Waals surface area contributed by atoms with Crippen molar-refractivity contribution >= 4 is 35.1 Å². The van der Waals surface area contributed by atoms with E-state index in [4.69, 9.17) is 17.3 Å². The van der Waals surface area contributed by atoms with Gasteiger partial charge >= 0.3 is 0 Å². The van der Waals surface area contributed by atoms with Gasteiger partial charge in [-0.25, -0.2) is 4.98 Å². The molecule has 1 aliphatic carbocycles. The van der Waals surface area contributed by atoms with E-state index < -0.39 is 0 Å². The first kappa shape index (κ1) is 12.8. The lowest BCUT2D eigenvalue weighted by atomic mass is 9.95. The van der Waals surface area contributed by atoms with E-state index in [1.807, 2.05) is 11.8 Å². The Morgan fingerprint density at radius 2 is 2.24 bits per heavy atom. The predicted octanol–water partition coefficient (Wildman–Crippen LogP) is 2.80. The summed E-state index contributed by atoms with van der Waals surface area (Å²) in [6, 6.07) is 0.422. The average Bonchev–Trinajstić information content (AvgIpc) is 2.34. The average molecular weight is 273 g/mol. The molecule has 0 saturated heterocycles. The first-order chi connectivity index (χ1) is 8.20. The zero-order valence-corrected chi connectivity index (χ0v) is 11.4. The Bertz CT molecular complexity index is 388. The summed E-state index contributed by atoms with van der Waals surface area (Å²) in [7, 11) is 0. The summed E-state index contributed by atoms with van der Waals surface area (Å²) in [5, 5.41) is 4.56. The number of anilines is 2. The van der Waals surface area contributed by atoms with Gasteiger partial charge in [-0.05, 0) is 19.1 Å². The molecular formula is C11H17ClN4S. The van der Waals surface area contributed by atoms with Crippen LogP contribution in [0.5, 0.6) is 0 Å². The number of nitrogens with one attached hydrogen (secondary N) is 1. The van der Waals surface area contributed by atoms with Crippen LogP contribution >= 0.6 is 23.4 Å². The van der Waals surface area contributed by atoms with Crippen molar-refractivity contribution < 1.29 is 0 Å². The molecule has 4 nitrogen and oxygen atoms in total. The van der Waals surface area contributed by atoms with Gasteiger partial charge in [0.05, 0.1) is 6.20 Å². The summed E-state index contributed by atoms with van der Waals surface area (Å²) in [6.07, 6.45) is 8.67. The Balaban J connectivity index is 2.10. The van der Waals surface area contributed by atoms with Crippen molar-refractivity contribution in [2.24, 2.45) is 0 Å². The summed E-state index contributed by atoms with van der Waals surface area (Å²) < 4.78 is 0. The van der Waals surface area contributed by atoms with Gasteiger partial charge in [-0.3, -0.25) is 0 Å². The fraction of sp³-hybridized carbons (Fsp3) is 0.636. The summed E-state index contributed by atoms with van der Waals surface area (Å²) in [5.41, 5.74) is 5.57. The molecule has 2 atom stereocenters. The van der Waals surface area contributed by atoms with Crippen molar-refractivity contribution in [3.8, 4) is 0 Å². The SMILES string of the molecule is CSC1CCCCC1Nc1nc(N)ncc1Cl. The number of nitrogens with two attached hydrogens (primary N) is 1. The van der Waals surface area contributed by atoms with Gasteiger partial charge in [0.15, 0.2) is 5.82 Å². The topological polar surface area (TPSA) is 63.8 Å². The third-order valence-corrected chi connectivity index (χ3v) is 4.54. The summed E-state index contributed by atoms with van der Waals surface area (Å²) in [4.78, 5) is 8.01. The molecule has 0 aliphatic heterocycles. The van der Waals surface area contributed by atoms with Crippen LogP contribution in [0.2, 0.25) is 5.02 Å². The van der Waals surface area contributed by atoms with Crippen LogP contribution in [0.3, 0.4) is 0 Å². The predicted molar refractivity (Wildman–Crippen MR) is 74.6 cm³/mol. The van der Waals surface area contributed by atoms with Crippen molar-refractivity contribution in [2.45, 2.75) is 37.0 Å². The second kappa shape index (κ2) is 5.78. The number of rotatable bonds is 3. The minimum atomic E-state index is 0.258. The molecule has 1 aromatic rings. The highest BCUT2D eigenvalue weighted by molar-refractivity contribution is 7.99. The molecule has 1 aromatic heterocycles. The molecule has 0 spiro atoms. The number of aromatic nitrogens is 2. The molecule has 2 unspecified atom stereocenters.